The SMILES string of the molecule is CCOC(C)(C)CN1Cc2cccc(N)c2C1. The van der Waals surface area contributed by atoms with Gasteiger partial charge in [0.25, 0.3) is 0 Å². The van der Waals surface area contributed by atoms with Crippen LogP contribution in [-0.4, -0.2) is 23.7 Å². The van der Waals surface area contributed by atoms with Gasteiger partial charge in [0, 0.05) is 31.9 Å². The van der Waals surface area contributed by atoms with Crippen molar-refractivity contribution >= 4 is 5.69 Å². The highest BCUT2D eigenvalue weighted by Gasteiger charge is 2.27. The van der Waals surface area contributed by atoms with E-state index in [0.717, 1.165) is 31.9 Å². The number of fused-ring (bicyclic) bond motifs is 1. The molecule has 3 heteroatoms. The van der Waals surface area contributed by atoms with Crippen molar-refractivity contribution in [1.82, 2.24) is 4.90 Å². The number of rotatable bonds is 4. The fraction of sp³-hybridized carbons (Fsp3) is 0.571. The lowest BCUT2D eigenvalue weighted by Crippen LogP contribution is -2.38. The average molecular weight is 234 g/mol. The molecule has 0 amide bonds. The quantitative estimate of drug-likeness (QED) is 0.813. The predicted molar refractivity (Wildman–Crippen MR) is 70.7 cm³/mol. The van der Waals surface area contributed by atoms with Gasteiger partial charge in [0.05, 0.1) is 5.60 Å². The Morgan fingerprint density at radius 2 is 2.12 bits per heavy atom. The summed E-state index contributed by atoms with van der Waals surface area (Å²) < 4.78 is 5.75. The molecule has 3 nitrogen and oxygen atoms in total. The summed E-state index contributed by atoms with van der Waals surface area (Å²) in [5.41, 5.74) is 9.47. The molecule has 0 fully saturated rings. The molecular weight excluding hydrogens is 212 g/mol. The predicted octanol–water partition coefficient (Wildman–Crippen LogP) is 2.40. The van der Waals surface area contributed by atoms with Gasteiger partial charge in [-0.1, -0.05) is 12.1 Å². The molecule has 17 heavy (non-hydrogen) atoms. The smallest absolute Gasteiger partial charge is 0.0752 e. The summed E-state index contributed by atoms with van der Waals surface area (Å²) in [6.07, 6.45) is 0. The average Bonchev–Trinajstić information content (AvgIpc) is 2.60. The van der Waals surface area contributed by atoms with Crippen LogP contribution >= 0.6 is 0 Å². The van der Waals surface area contributed by atoms with Crippen molar-refractivity contribution in [2.75, 3.05) is 18.9 Å². The van der Waals surface area contributed by atoms with E-state index < -0.39 is 0 Å². The fourth-order valence-electron chi connectivity index (χ4n) is 2.60. The molecule has 1 heterocycles. The van der Waals surface area contributed by atoms with Crippen molar-refractivity contribution in [1.29, 1.82) is 0 Å². The Balaban J connectivity index is 2.03. The summed E-state index contributed by atoms with van der Waals surface area (Å²) in [4.78, 5) is 2.40. The summed E-state index contributed by atoms with van der Waals surface area (Å²) >= 11 is 0. The van der Waals surface area contributed by atoms with Gasteiger partial charge in [0.15, 0.2) is 0 Å². The maximum Gasteiger partial charge on any atom is 0.0752 e. The lowest BCUT2D eigenvalue weighted by Gasteiger charge is -2.29. The Morgan fingerprint density at radius 1 is 1.35 bits per heavy atom. The first-order valence-corrected chi connectivity index (χ1v) is 6.24. The Kier molecular flexibility index (Phi) is 3.40. The van der Waals surface area contributed by atoms with Crippen LogP contribution in [0.2, 0.25) is 0 Å². The number of nitrogen functional groups attached to an aromatic ring is 1. The van der Waals surface area contributed by atoms with Gasteiger partial charge in [-0.05, 0) is 38.0 Å². The molecule has 0 aliphatic carbocycles. The zero-order valence-corrected chi connectivity index (χ0v) is 11.0. The molecule has 2 rings (SSSR count). The van der Waals surface area contributed by atoms with Crippen LogP contribution in [0, 0.1) is 0 Å². The lowest BCUT2D eigenvalue weighted by molar-refractivity contribution is -0.0350. The highest BCUT2D eigenvalue weighted by atomic mass is 16.5. The Hall–Kier alpha value is -1.06. The number of ether oxygens (including phenoxy) is 1. The molecule has 0 unspecified atom stereocenters. The minimum atomic E-state index is -0.0917. The Labute approximate surface area is 104 Å². The number of benzene rings is 1. The third kappa shape index (κ3) is 2.79. The van der Waals surface area contributed by atoms with Crippen LogP contribution in [0.5, 0.6) is 0 Å². The molecule has 0 saturated heterocycles. The lowest BCUT2D eigenvalue weighted by atomic mass is 10.1. The Bertz CT molecular complexity index is 401. The van der Waals surface area contributed by atoms with E-state index in [-0.39, 0.29) is 5.60 Å². The van der Waals surface area contributed by atoms with Crippen molar-refractivity contribution in [2.24, 2.45) is 0 Å². The van der Waals surface area contributed by atoms with Crippen molar-refractivity contribution in [3.05, 3.63) is 29.3 Å². The van der Waals surface area contributed by atoms with E-state index in [1.165, 1.54) is 11.1 Å². The molecule has 0 bridgehead atoms. The molecule has 1 aromatic carbocycles. The van der Waals surface area contributed by atoms with Crippen molar-refractivity contribution < 1.29 is 4.74 Å². The van der Waals surface area contributed by atoms with E-state index in [0.29, 0.717) is 0 Å². The second-order valence-electron chi connectivity index (χ2n) is 5.32. The van der Waals surface area contributed by atoms with E-state index in [4.69, 9.17) is 10.5 Å². The fourth-order valence-corrected chi connectivity index (χ4v) is 2.60. The highest BCUT2D eigenvalue weighted by Crippen LogP contribution is 2.28. The van der Waals surface area contributed by atoms with Gasteiger partial charge in [0.2, 0.25) is 0 Å². The standard InChI is InChI=1S/C14H22N2O/c1-4-17-14(2,3)10-16-8-11-6-5-7-13(15)12(11)9-16/h5-7H,4,8-10,15H2,1-3H3. The molecule has 1 aliphatic rings. The second kappa shape index (κ2) is 4.67. The molecule has 0 spiro atoms. The zero-order valence-electron chi connectivity index (χ0n) is 11.0. The van der Waals surface area contributed by atoms with Crippen LogP contribution < -0.4 is 5.73 Å². The first kappa shape index (κ1) is 12.4. The van der Waals surface area contributed by atoms with Crippen LogP contribution in [0.1, 0.15) is 31.9 Å². The van der Waals surface area contributed by atoms with Crippen LogP contribution in [0.4, 0.5) is 5.69 Å². The molecule has 0 aromatic heterocycles. The molecule has 1 aromatic rings. The summed E-state index contributed by atoms with van der Waals surface area (Å²) in [6.45, 7) is 9.95. The first-order valence-electron chi connectivity index (χ1n) is 6.24. The van der Waals surface area contributed by atoms with E-state index in [9.17, 15) is 0 Å². The van der Waals surface area contributed by atoms with E-state index in [2.05, 4.69) is 24.8 Å². The van der Waals surface area contributed by atoms with Crippen molar-refractivity contribution in [3.63, 3.8) is 0 Å². The largest absolute Gasteiger partial charge is 0.398 e. The van der Waals surface area contributed by atoms with Gasteiger partial charge in [-0.15, -0.1) is 0 Å². The minimum absolute atomic E-state index is 0.0917. The molecule has 2 N–H and O–H groups in total. The molecule has 0 radical (unpaired) electrons. The number of anilines is 1. The van der Waals surface area contributed by atoms with Crippen molar-refractivity contribution in [2.45, 2.75) is 39.5 Å². The van der Waals surface area contributed by atoms with Gasteiger partial charge in [-0.2, -0.15) is 0 Å². The maximum atomic E-state index is 6.00. The molecular formula is C14H22N2O. The van der Waals surface area contributed by atoms with Gasteiger partial charge in [-0.25, -0.2) is 0 Å². The number of nitrogens with two attached hydrogens (primary N) is 1. The third-order valence-corrected chi connectivity index (χ3v) is 3.22. The topological polar surface area (TPSA) is 38.5 Å². The third-order valence-electron chi connectivity index (χ3n) is 3.22. The molecule has 94 valence electrons. The maximum absolute atomic E-state index is 6.00. The molecule has 1 aliphatic heterocycles. The first-order chi connectivity index (χ1) is 8.02. The van der Waals surface area contributed by atoms with Gasteiger partial charge in [0.1, 0.15) is 0 Å². The normalized spacial score (nSPS) is 16.2. The van der Waals surface area contributed by atoms with E-state index in [1.807, 2.05) is 19.1 Å². The highest BCUT2D eigenvalue weighted by molar-refractivity contribution is 5.52. The summed E-state index contributed by atoms with van der Waals surface area (Å²) in [5, 5.41) is 0. The summed E-state index contributed by atoms with van der Waals surface area (Å²) in [7, 11) is 0. The van der Waals surface area contributed by atoms with Crippen molar-refractivity contribution in [3.8, 4) is 0 Å². The summed E-state index contributed by atoms with van der Waals surface area (Å²) in [5.74, 6) is 0. The molecule has 0 atom stereocenters. The minimum Gasteiger partial charge on any atom is -0.398 e. The second-order valence-corrected chi connectivity index (χ2v) is 5.32. The van der Waals surface area contributed by atoms with Crippen LogP contribution in [0.3, 0.4) is 0 Å². The van der Waals surface area contributed by atoms with Crippen LogP contribution in [-0.2, 0) is 17.8 Å². The van der Waals surface area contributed by atoms with Gasteiger partial charge in [-0.3, -0.25) is 4.90 Å². The zero-order chi connectivity index (χ0) is 12.5. The van der Waals surface area contributed by atoms with E-state index >= 15 is 0 Å². The molecule has 0 saturated carbocycles. The Morgan fingerprint density at radius 3 is 2.76 bits per heavy atom. The number of nitrogens with zero attached hydrogens (tertiary/aromatic N) is 1. The number of hydrogen-bond acceptors (Lipinski definition) is 3. The van der Waals surface area contributed by atoms with Gasteiger partial charge < -0.3 is 10.5 Å². The van der Waals surface area contributed by atoms with E-state index in [1.54, 1.807) is 0 Å². The number of hydrogen-bond donors (Lipinski definition) is 1. The van der Waals surface area contributed by atoms with Crippen LogP contribution in [0.15, 0.2) is 18.2 Å². The summed E-state index contributed by atoms with van der Waals surface area (Å²) in [6, 6.07) is 6.18. The van der Waals surface area contributed by atoms with Crippen LogP contribution in [0.25, 0.3) is 0 Å². The monoisotopic (exact) mass is 234 g/mol. The van der Waals surface area contributed by atoms with Gasteiger partial charge >= 0.3 is 0 Å².